The van der Waals surface area contributed by atoms with Gasteiger partial charge in [0.2, 0.25) is 0 Å². The summed E-state index contributed by atoms with van der Waals surface area (Å²) in [5.74, 6) is 0.178. The van der Waals surface area contributed by atoms with Gasteiger partial charge >= 0.3 is 6.18 Å². The molecule has 7 heteroatoms. The number of aliphatic hydroxyl groups is 1. The van der Waals surface area contributed by atoms with E-state index in [4.69, 9.17) is 9.47 Å². The van der Waals surface area contributed by atoms with Crippen LogP contribution >= 0.6 is 0 Å². The number of aliphatic hydroxyl groups excluding tert-OH is 1. The van der Waals surface area contributed by atoms with Crippen LogP contribution in [0.5, 0.6) is 5.75 Å². The van der Waals surface area contributed by atoms with Crippen molar-refractivity contribution in [3.8, 4) is 16.9 Å². The Balaban J connectivity index is 1.65. The number of ether oxygens (including phenoxy) is 2. The molecule has 0 fully saturated rings. The van der Waals surface area contributed by atoms with Gasteiger partial charge in [-0.05, 0) is 88.7 Å². The van der Waals surface area contributed by atoms with Crippen LogP contribution in [0.25, 0.3) is 35.4 Å². The van der Waals surface area contributed by atoms with Crippen LogP contribution in [0.3, 0.4) is 0 Å². The topological polar surface area (TPSA) is 38.7 Å². The van der Waals surface area contributed by atoms with Crippen LogP contribution in [0.2, 0.25) is 0 Å². The minimum absolute atomic E-state index is 0.0115. The third-order valence-electron chi connectivity index (χ3n) is 7.05. The molecule has 4 aromatic carbocycles. The van der Waals surface area contributed by atoms with Gasteiger partial charge in [0.1, 0.15) is 18.2 Å². The Hall–Kier alpha value is -4.20. The van der Waals surface area contributed by atoms with Gasteiger partial charge in [-0.3, -0.25) is 0 Å². The summed E-state index contributed by atoms with van der Waals surface area (Å²) in [6.07, 6.45) is 2.13. The van der Waals surface area contributed by atoms with Crippen LogP contribution in [0.1, 0.15) is 44.5 Å². The van der Waals surface area contributed by atoms with Crippen molar-refractivity contribution >= 4 is 24.3 Å². The van der Waals surface area contributed by atoms with Crippen molar-refractivity contribution in [3.05, 3.63) is 123 Å². The molecule has 0 heterocycles. The fourth-order valence-corrected chi connectivity index (χ4v) is 4.70. The first kappa shape index (κ1) is 30.8. The summed E-state index contributed by atoms with van der Waals surface area (Å²) < 4.78 is 65.9. The fourth-order valence-electron chi connectivity index (χ4n) is 4.70. The summed E-state index contributed by atoms with van der Waals surface area (Å²) in [5, 5.41) is 9.43. The first-order chi connectivity index (χ1) is 20.1. The van der Waals surface area contributed by atoms with E-state index in [0.29, 0.717) is 30.1 Å². The van der Waals surface area contributed by atoms with Crippen molar-refractivity contribution in [3.63, 3.8) is 0 Å². The van der Waals surface area contributed by atoms with Crippen LogP contribution in [-0.4, -0.2) is 25.4 Å². The maximum Gasteiger partial charge on any atom is 0.416 e. The third kappa shape index (κ3) is 7.35. The highest BCUT2D eigenvalue weighted by Crippen LogP contribution is 2.35. The van der Waals surface area contributed by atoms with Crippen LogP contribution in [0, 0.1) is 19.7 Å². The summed E-state index contributed by atoms with van der Waals surface area (Å²) in [6.45, 7) is 4.34. The molecule has 218 valence electrons. The molecule has 0 spiro atoms. The molecular weight excluding hydrogens is 544 g/mol. The third-order valence-corrected chi connectivity index (χ3v) is 7.05. The highest BCUT2D eigenvalue weighted by molar-refractivity contribution is 5.82. The lowest BCUT2D eigenvalue weighted by Crippen LogP contribution is -2.07. The lowest BCUT2D eigenvalue weighted by atomic mass is 9.91. The largest absolute Gasteiger partial charge is 0.491 e. The first-order valence-electron chi connectivity index (χ1n) is 13.4. The summed E-state index contributed by atoms with van der Waals surface area (Å²) >= 11 is 0. The molecule has 4 aromatic rings. The molecule has 0 aliphatic heterocycles. The molecule has 0 saturated carbocycles. The zero-order chi connectivity index (χ0) is 30.3. The zero-order valence-electron chi connectivity index (χ0n) is 23.6. The van der Waals surface area contributed by atoms with Gasteiger partial charge in [0.05, 0.1) is 18.8 Å². The average molecular weight is 577 g/mol. The normalized spacial score (nSPS) is 12.0. The van der Waals surface area contributed by atoms with E-state index in [1.165, 1.54) is 24.3 Å². The highest BCUT2D eigenvalue weighted by atomic mass is 19.4. The molecule has 0 saturated heterocycles. The Morgan fingerprint density at radius 1 is 0.714 bits per heavy atom. The summed E-state index contributed by atoms with van der Waals surface area (Å²) in [7, 11) is 1.58. The molecular formula is C35H32F4O3. The van der Waals surface area contributed by atoms with Crippen LogP contribution in [0.4, 0.5) is 17.6 Å². The minimum atomic E-state index is -4.52. The van der Waals surface area contributed by atoms with Crippen LogP contribution in [0.15, 0.2) is 72.8 Å². The Labute approximate surface area is 243 Å². The van der Waals surface area contributed by atoms with Gasteiger partial charge in [-0.2, -0.15) is 13.2 Å². The summed E-state index contributed by atoms with van der Waals surface area (Å²) in [4.78, 5) is 0. The van der Waals surface area contributed by atoms with Crippen molar-refractivity contribution < 1.29 is 32.1 Å². The van der Waals surface area contributed by atoms with Gasteiger partial charge in [-0.15, -0.1) is 0 Å². The first-order valence-corrected chi connectivity index (χ1v) is 13.4. The molecule has 3 nitrogen and oxygen atoms in total. The summed E-state index contributed by atoms with van der Waals surface area (Å²) in [5.41, 5.74) is 5.45. The van der Waals surface area contributed by atoms with Crippen LogP contribution in [-0.2, 0) is 17.5 Å². The minimum Gasteiger partial charge on any atom is -0.491 e. The van der Waals surface area contributed by atoms with Gasteiger partial charge < -0.3 is 14.6 Å². The molecule has 1 N–H and O–H groups in total. The molecule has 0 amide bonds. The predicted molar refractivity (Wildman–Crippen MR) is 160 cm³/mol. The second kappa shape index (κ2) is 13.6. The van der Waals surface area contributed by atoms with Gasteiger partial charge in [0, 0.05) is 12.7 Å². The number of benzene rings is 4. The van der Waals surface area contributed by atoms with Gasteiger partial charge in [-0.1, -0.05) is 66.8 Å². The van der Waals surface area contributed by atoms with E-state index in [9.17, 15) is 22.7 Å². The second-order valence-electron chi connectivity index (χ2n) is 9.81. The SMILES string of the molecule is COCCOc1ccc(F)c(/C=C/c2cccc(-c3cccc(/C=C/c4cc(CO)ccc4C(F)(F)F)c3C)c2C)c1. The van der Waals surface area contributed by atoms with Crippen molar-refractivity contribution in [2.75, 3.05) is 20.3 Å². The predicted octanol–water partition coefficient (Wildman–Crippen LogP) is 8.99. The molecule has 0 unspecified atom stereocenters. The average Bonchev–Trinajstić information content (AvgIpc) is 2.97. The molecule has 4 rings (SSSR count). The van der Waals surface area contributed by atoms with E-state index in [1.54, 1.807) is 31.4 Å². The van der Waals surface area contributed by atoms with Crippen molar-refractivity contribution in [1.82, 2.24) is 0 Å². The van der Waals surface area contributed by atoms with Gasteiger partial charge in [0.15, 0.2) is 0 Å². The fraction of sp³-hybridized carbons (Fsp3) is 0.200. The van der Waals surface area contributed by atoms with E-state index in [0.717, 1.165) is 39.4 Å². The zero-order valence-corrected chi connectivity index (χ0v) is 23.6. The number of hydrogen-bond donors (Lipinski definition) is 1. The lowest BCUT2D eigenvalue weighted by Gasteiger charge is -2.14. The van der Waals surface area contributed by atoms with E-state index in [2.05, 4.69) is 0 Å². The van der Waals surface area contributed by atoms with Crippen molar-refractivity contribution in [2.24, 2.45) is 0 Å². The van der Waals surface area contributed by atoms with Crippen molar-refractivity contribution in [1.29, 1.82) is 0 Å². The molecule has 42 heavy (non-hydrogen) atoms. The van der Waals surface area contributed by atoms with E-state index < -0.39 is 11.7 Å². The molecule has 0 radical (unpaired) electrons. The monoisotopic (exact) mass is 576 g/mol. The Bertz CT molecular complexity index is 1600. The Morgan fingerprint density at radius 3 is 1.88 bits per heavy atom. The molecule has 0 bridgehead atoms. The highest BCUT2D eigenvalue weighted by Gasteiger charge is 2.32. The van der Waals surface area contributed by atoms with Crippen molar-refractivity contribution in [2.45, 2.75) is 26.6 Å². The molecule has 0 aliphatic rings. The number of hydrogen-bond acceptors (Lipinski definition) is 3. The Morgan fingerprint density at radius 2 is 1.31 bits per heavy atom. The maximum absolute atomic E-state index is 14.5. The maximum atomic E-state index is 14.5. The quantitative estimate of drug-likeness (QED) is 0.116. The van der Waals surface area contributed by atoms with E-state index in [1.807, 2.05) is 56.3 Å². The summed E-state index contributed by atoms with van der Waals surface area (Å²) in [6, 6.07) is 19.7. The standard InChI is InChI=1S/C35H32F4O3/c1-23-26(11-13-28-20-25(22-40)10-16-33(28)35(37,38)39)6-4-8-31(23)32-9-5-7-27(24(32)2)12-14-29-21-30(15-17-34(29)36)42-19-18-41-3/h4-17,20-21,40H,18-19,22H2,1-3H3/b13-11+,14-12+. The smallest absolute Gasteiger partial charge is 0.416 e. The van der Waals surface area contributed by atoms with Crippen LogP contribution < -0.4 is 4.74 Å². The number of methoxy groups -OCH3 is 1. The number of halogens is 4. The molecule has 0 aliphatic carbocycles. The molecule has 0 aromatic heterocycles. The van der Waals surface area contributed by atoms with E-state index in [-0.39, 0.29) is 18.0 Å². The van der Waals surface area contributed by atoms with E-state index >= 15 is 0 Å². The number of rotatable bonds is 10. The lowest BCUT2D eigenvalue weighted by molar-refractivity contribution is -0.137. The molecule has 0 atom stereocenters. The van der Waals surface area contributed by atoms with Gasteiger partial charge in [0.25, 0.3) is 0 Å². The second-order valence-corrected chi connectivity index (χ2v) is 9.81. The van der Waals surface area contributed by atoms with Gasteiger partial charge in [-0.25, -0.2) is 4.39 Å². The number of alkyl halides is 3. The Kier molecular flexibility index (Phi) is 9.99.